The molecule has 0 radical (unpaired) electrons. The highest BCUT2D eigenvalue weighted by atomic mass is 16.2. The van der Waals surface area contributed by atoms with Gasteiger partial charge in [0.2, 0.25) is 0 Å². The SMILES string of the molecule is CCC(C)n1ncc2c(C(=O)N3CCC(CCNC)CC3)cc(C)nc21. The van der Waals surface area contributed by atoms with Crippen LogP contribution in [0, 0.1) is 12.8 Å². The molecule has 1 atom stereocenters. The van der Waals surface area contributed by atoms with Gasteiger partial charge in [0, 0.05) is 18.8 Å². The van der Waals surface area contributed by atoms with Gasteiger partial charge in [0.25, 0.3) is 5.91 Å². The van der Waals surface area contributed by atoms with Crippen LogP contribution in [0.25, 0.3) is 11.0 Å². The monoisotopic (exact) mass is 357 g/mol. The number of hydrogen-bond donors (Lipinski definition) is 1. The van der Waals surface area contributed by atoms with Crippen LogP contribution in [0.3, 0.4) is 0 Å². The smallest absolute Gasteiger partial charge is 0.254 e. The molecule has 3 rings (SSSR count). The molecule has 0 aromatic carbocycles. The average Bonchev–Trinajstić information content (AvgIpc) is 3.08. The van der Waals surface area contributed by atoms with Crippen LogP contribution >= 0.6 is 0 Å². The number of carbonyl (C=O) groups excluding carboxylic acids is 1. The van der Waals surface area contributed by atoms with E-state index in [4.69, 9.17) is 0 Å². The first-order valence-electron chi connectivity index (χ1n) is 9.83. The Kier molecular flexibility index (Phi) is 5.91. The Hall–Kier alpha value is -1.95. The fourth-order valence-corrected chi connectivity index (χ4v) is 3.76. The number of fused-ring (bicyclic) bond motifs is 1. The van der Waals surface area contributed by atoms with Crippen LogP contribution in [-0.4, -0.2) is 52.3 Å². The molecule has 1 N–H and O–H groups in total. The van der Waals surface area contributed by atoms with Gasteiger partial charge in [0.05, 0.1) is 23.2 Å². The van der Waals surface area contributed by atoms with E-state index in [9.17, 15) is 4.79 Å². The van der Waals surface area contributed by atoms with Gasteiger partial charge in [-0.2, -0.15) is 5.10 Å². The summed E-state index contributed by atoms with van der Waals surface area (Å²) in [6.45, 7) is 8.96. The summed E-state index contributed by atoms with van der Waals surface area (Å²) in [5, 5.41) is 8.61. The van der Waals surface area contributed by atoms with Crippen LogP contribution in [0.4, 0.5) is 0 Å². The summed E-state index contributed by atoms with van der Waals surface area (Å²) >= 11 is 0. The van der Waals surface area contributed by atoms with E-state index in [1.165, 1.54) is 6.42 Å². The normalized spacial score (nSPS) is 17.0. The van der Waals surface area contributed by atoms with Crippen LogP contribution in [0.15, 0.2) is 12.3 Å². The molecule has 1 aliphatic rings. The third kappa shape index (κ3) is 3.75. The Bertz CT molecular complexity index is 761. The molecule has 1 amide bonds. The van der Waals surface area contributed by atoms with Crippen molar-refractivity contribution in [3.05, 3.63) is 23.5 Å². The molecule has 6 heteroatoms. The molecule has 142 valence electrons. The molecule has 6 nitrogen and oxygen atoms in total. The van der Waals surface area contributed by atoms with Gasteiger partial charge in [-0.1, -0.05) is 6.92 Å². The van der Waals surface area contributed by atoms with Gasteiger partial charge >= 0.3 is 0 Å². The van der Waals surface area contributed by atoms with Crippen LogP contribution in [0.2, 0.25) is 0 Å². The Morgan fingerprint density at radius 2 is 2.12 bits per heavy atom. The summed E-state index contributed by atoms with van der Waals surface area (Å²) in [4.78, 5) is 19.9. The first-order chi connectivity index (χ1) is 12.5. The molecule has 1 aliphatic heterocycles. The summed E-state index contributed by atoms with van der Waals surface area (Å²) in [5.41, 5.74) is 2.44. The molecule has 0 bridgehead atoms. The van der Waals surface area contributed by atoms with Crippen molar-refractivity contribution in [1.82, 2.24) is 25.0 Å². The molecule has 0 aliphatic carbocycles. The molecule has 2 aromatic rings. The van der Waals surface area contributed by atoms with Crippen molar-refractivity contribution in [1.29, 1.82) is 0 Å². The van der Waals surface area contributed by atoms with E-state index < -0.39 is 0 Å². The molecular formula is C20H31N5O. The van der Waals surface area contributed by atoms with Crippen molar-refractivity contribution in [3.63, 3.8) is 0 Å². The Labute approximate surface area is 156 Å². The van der Waals surface area contributed by atoms with E-state index in [1.807, 2.05) is 29.6 Å². The highest BCUT2D eigenvalue weighted by Crippen LogP contribution is 2.26. The second-order valence-corrected chi connectivity index (χ2v) is 7.52. The Balaban J connectivity index is 1.82. The highest BCUT2D eigenvalue weighted by molar-refractivity contribution is 6.05. The average molecular weight is 358 g/mol. The largest absolute Gasteiger partial charge is 0.339 e. The third-order valence-corrected chi connectivity index (χ3v) is 5.64. The fourth-order valence-electron chi connectivity index (χ4n) is 3.76. The predicted octanol–water partition coefficient (Wildman–Crippen LogP) is 3.17. The lowest BCUT2D eigenvalue weighted by atomic mass is 9.93. The number of carbonyl (C=O) groups is 1. The number of pyridine rings is 1. The lowest BCUT2D eigenvalue weighted by molar-refractivity contribution is 0.0689. The number of rotatable bonds is 6. The van der Waals surface area contributed by atoms with E-state index in [0.717, 1.165) is 67.1 Å². The topological polar surface area (TPSA) is 63.1 Å². The minimum absolute atomic E-state index is 0.122. The Morgan fingerprint density at radius 3 is 2.77 bits per heavy atom. The molecule has 1 saturated heterocycles. The van der Waals surface area contributed by atoms with Gasteiger partial charge in [-0.25, -0.2) is 9.67 Å². The van der Waals surface area contributed by atoms with Crippen LogP contribution < -0.4 is 5.32 Å². The number of nitrogens with one attached hydrogen (secondary N) is 1. The number of likely N-dealkylation sites (tertiary alicyclic amines) is 1. The molecule has 3 heterocycles. The van der Waals surface area contributed by atoms with Crippen molar-refractivity contribution in [2.24, 2.45) is 5.92 Å². The zero-order valence-electron chi connectivity index (χ0n) is 16.5. The zero-order chi connectivity index (χ0) is 18.7. The standard InChI is InChI=1S/C20H31N5O/c1-5-15(3)25-19-18(13-22-25)17(12-14(2)23-19)20(26)24-10-7-16(8-11-24)6-9-21-4/h12-13,15-16,21H,5-11H2,1-4H3. The maximum Gasteiger partial charge on any atom is 0.254 e. The molecule has 1 unspecified atom stereocenters. The number of hydrogen-bond acceptors (Lipinski definition) is 4. The van der Waals surface area contributed by atoms with Gasteiger partial charge in [-0.15, -0.1) is 0 Å². The van der Waals surface area contributed by atoms with E-state index >= 15 is 0 Å². The highest BCUT2D eigenvalue weighted by Gasteiger charge is 2.26. The van der Waals surface area contributed by atoms with Gasteiger partial charge in [0.15, 0.2) is 5.65 Å². The summed E-state index contributed by atoms with van der Waals surface area (Å²) in [7, 11) is 2.00. The van der Waals surface area contributed by atoms with Gasteiger partial charge in [-0.3, -0.25) is 4.79 Å². The third-order valence-electron chi connectivity index (χ3n) is 5.64. The van der Waals surface area contributed by atoms with Crippen molar-refractivity contribution in [2.75, 3.05) is 26.7 Å². The number of amides is 1. The molecule has 1 fully saturated rings. The Morgan fingerprint density at radius 1 is 1.38 bits per heavy atom. The summed E-state index contributed by atoms with van der Waals surface area (Å²) in [6.07, 6.45) is 6.16. The summed E-state index contributed by atoms with van der Waals surface area (Å²) < 4.78 is 1.95. The van der Waals surface area contributed by atoms with E-state index in [-0.39, 0.29) is 11.9 Å². The maximum absolute atomic E-state index is 13.2. The molecule has 26 heavy (non-hydrogen) atoms. The first-order valence-corrected chi connectivity index (χ1v) is 9.83. The molecule has 2 aromatic heterocycles. The lowest BCUT2D eigenvalue weighted by Crippen LogP contribution is -2.39. The minimum Gasteiger partial charge on any atom is -0.339 e. The fraction of sp³-hybridized carbons (Fsp3) is 0.650. The van der Waals surface area contributed by atoms with Crippen molar-refractivity contribution in [3.8, 4) is 0 Å². The first kappa shape index (κ1) is 18.8. The van der Waals surface area contributed by atoms with Crippen LogP contribution in [0.5, 0.6) is 0 Å². The van der Waals surface area contributed by atoms with Crippen LogP contribution in [-0.2, 0) is 0 Å². The number of aryl methyl sites for hydroxylation is 1. The van der Waals surface area contributed by atoms with Crippen molar-refractivity contribution >= 4 is 16.9 Å². The quantitative estimate of drug-likeness (QED) is 0.862. The van der Waals surface area contributed by atoms with Crippen molar-refractivity contribution in [2.45, 2.75) is 52.5 Å². The van der Waals surface area contributed by atoms with E-state index in [2.05, 4.69) is 29.2 Å². The zero-order valence-corrected chi connectivity index (χ0v) is 16.5. The summed E-state index contributed by atoms with van der Waals surface area (Å²) in [6, 6.07) is 2.19. The van der Waals surface area contributed by atoms with E-state index in [1.54, 1.807) is 6.20 Å². The number of piperidine rings is 1. The molecular weight excluding hydrogens is 326 g/mol. The molecule has 0 spiro atoms. The summed E-state index contributed by atoms with van der Waals surface area (Å²) in [5.74, 6) is 0.843. The van der Waals surface area contributed by atoms with Crippen LogP contribution in [0.1, 0.15) is 61.6 Å². The minimum atomic E-state index is 0.122. The van der Waals surface area contributed by atoms with Gasteiger partial charge in [0.1, 0.15) is 0 Å². The van der Waals surface area contributed by atoms with Gasteiger partial charge < -0.3 is 10.2 Å². The number of nitrogens with zero attached hydrogens (tertiary/aromatic N) is 4. The molecule has 0 saturated carbocycles. The lowest BCUT2D eigenvalue weighted by Gasteiger charge is -2.32. The van der Waals surface area contributed by atoms with Gasteiger partial charge in [-0.05, 0) is 65.1 Å². The second kappa shape index (κ2) is 8.16. The maximum atomic E-state index is 13.2. The number of aromatic nitrogens is 3. The van der Waals surface area contributed by atoms with E-state index in [0.29, 0.717) is 0 Å². The second-order valence-electron chi connectivity index (χ2n) is 7.52. The van der Waals surface area contributed by atoms with Crippen molar-refractivity contribution < 1.29 is 4.79 Å². The predicted molar refractivity (Wildman–Crippen MR) is 104 cm³/mol.